The van der Waals surface area contributed by atoms with E-state index < -0.39 is 0 Å². The molecule has 1 aromatic carbocycles. The molecular weight excluding hydrogens is 336 g/mol. The number of nitrogens with zero attached hydrogens (tertiary/aromatic N) is 1. The second-order valence-corrected chi connectivity index (χ2v) is 6.66. The molecule has 1 aromatic rings. The van der Waals surface area contributed by atoms with Crippen molar-refractivity contribution >= 4 is 12.0 Å². The van der Waals surface area contributed by atoms with Gasteiger partial charge < -0.3 is 24.8 Å². The average molecular weight is 364 g/mol. The summed E-state index contributed by atoms with van der Waals surface area (Å²) in [5.74, 6) is -0.190. The molecule has 0 aromatic heterocycles. The molecule has 144 valence electrons. The Labute approximate surface area is 154 Å². The molecule has 1 unspecified atom stereocenters. The van der Waals surface area contributed by atoms with Gasteiger partial charge in [0.1, 0.15) is 5.75 Å². The molecular formula is C19H28N2O5. The Morgan fingerprint density at radius 2 is 2.15 bits per heavy atom. The standard InChI is InChI=1S/C19H28N2O5/c1-14(2)26-18(23)9-10-20-19(24)21(13-16-7-5-11-25-16)12-15-6-3-4-8-17(15)22/h3-4,6,8,14,16,22H,5,7,9-13H2,1-2H3,(H,20,24). The molecule has 0 radical (unpaired) electrons. The molecule has 0 spiro atoms. The van der Waals surface area contributed by atoms with Gasteiger partial charge in [0.15, 0.2) is 0 Å². The number of urea groups is 1. The number of hydrogen-bond donors (Lipinski definition) is 2. The van der Waals surface area contributed by atoms with Crippen molar-refractivity contribution in [1.29, 1.82) is 0 Å². The van der Waals surface area contributed by atoms with Gasteiger partial charge in [-0.05, 0) is 32.8 Å². The summed E-state index contributed by atoms with van der Waals surface area (Å²) in [6.07, 6.45) is 1.84. The van der Waals surface area contributed by atoms with Crippen molar-refractivity contribution in [2.45, 2.75) is 51.9 Å². The first-order chi connectivity index (χ1) is 12.5. The number of rotatable bonds is 8. The first-order valence-electron chi connectivity index (χ1n) is 9.06. The highest BCUT2D eigenvalue weighted by molar-refractivity contribution is 5.75. The Morgan fingerprint density at radius 1 is 1.38 bits per heavy atom. The van der Waals surface area contributed by atoms with Crippen LogP contribution in [0.25, 0.3) is 0 Å². The fraction of sp³-hybridized carbons (Fsp3) is 0.579. The maximum Gasteiger partial charge on any atom is 0.317 e. The van der Waals surface area contributed by atoms with Crippen molar-refractivity contribution in [3.63, 3.8) is 0 Å². The van der Waals surface area contributed by atoms with Gasteiger partial charge in [-0.3, -0.25) is 4.79 Å². The second-order valence-electron chi connectivity index (χ2n) is 6.66. The average Bonchev–Trinajstić information content (AvgIpc) is 3.08. The Kier molecular flexibility index (Phi) is 7.72. The van der Waals surface area contributed by atoms with Gasteiger partial charge in [0.05, 0.1) is 25.2 Å². The molecule has 1 saturated heterocycles. The monoisotopic (exact) mass is 364 g/mol. The third-order valence-electron chi connectivity index (χ3n) is 4.06. The molecule has 7 nitrogen and oxygen atoms in total. The summed E-state index contributed by atoms with van der Waals surface area (Å²) < 4.78 is 10.7. The number of phenols is 1. The number of ether oxygens (including phenoxy) is 2. The predicted octanol–water partition coefficient (Wildman–Crippen LogP) is 2.42. The second kappa shape index (κ2) is 10.0. The summed E-state index contributed by atoms with van der Waals surface area (Å²) in [6, 6.07) is 6.65. The summed E-state index contributed by atoms with van der Waals surface area (Å²) in [5, 5.41) is 12.7. The lowest BCUT2D eigenvalue weighted by atomic mass is 10.1. The summed E-state index contributed by atoms with van der Waals surface area (Å²) in [6.45, 7) is 5.19. The van der Waals surface area contributed by atoms with E-state index in [-0.39, 0.29) is 49.5 Å². The Bertz CT molecular complexity index is 599. The van der Waals surface area contributed by atoms with E-state index in [1.807, 2.05) is 6.07 Å². The summed E-state index contributed by atoms with van der Waals surface area (Å²) in [7, 11) is 0. The molecule has 0 saturated carbocycles. The van der Waals surface area contributed by atoms with Gasteiger partial charge in [0, 0.05) is 25.3 Å². The van der Waals surface area contributed by atoms with Crippen molar-refractivity contribution < 1.29 is 24.2 Å². The zero-order valence-electron chi connectivity index (χ0n) is 15.4. The van der Waals surface area contributed by atoms with Gasteiger partial charge in [0.25, 0.3) is 0 Å². The lowest BCUT2D eigenvalue weighted by Gasteiger charge is -2.26. The molecule has 0 aliphatic carbocycles. The van der Waals surface area contributed by atoms with Crippen LogP contribution in [0.15, 0.2) is 24.3 Å². The first kappa shape index (κ1) is 20.0. The molecule has 1 aliphatic rings. The van der Waals surface area contributed by atoms with Crippen LogP contribution >= 0.6 is 0 Å². The molecule has 7 heteroatoms. The molecule has 2 amide bonds. The number of phenolic OH excluding ortho intramolecular Hbond substituents is 1. The van der Waals surface area contributed by atoms with E-state index in [1.165, 1.54) is 0 Å². The van der Waals surface area contributed by atoms with Gasteiger partial charge in [-0.1, -0.05) is 18.2 Å². The van der Waals surface area contributed by atoms with Gasteiger partial charge in [-0.25, -0.2) is 4.79 Å². The van der Waals surface area contributed by atoms with E-state index in [0.717, 1.165) is 12.8 Å². The third-order valence-corrected chi connectivity index (χ3v) is 4.06. The number of carbonyl (C=O) groups excluding carboxylic acids is 2. The lowest BCUT2D eigenvalue weighted by Crippen LogP contribution is -2.44. The van der Waals surface area contributed by atoms with Crippen molar-refractivity contribution in [3.05, 3.63) is 29.8 Å². The van der Waals surface area contributed by atoms with E-state index in [1.54, 1.807) is 36.9 Å². The maximum absolute atomic E-state index is 12.6. The summed E-state index contributed by atoms with van der Waals surface area (Å²) in [4.78, 5) is 25.8. The molecule has 26 heavy (non-hydrogen) atoms. The molecule has 0 bridgehead atoms. The zero-order valence-corrected chi connectivity index (χ0v) is 15.4. The van der Waals surface area contributed by atoms with Crippen LogP contribution in [-0.2, 0) is 20.8 Å². The van der Waals surface area contributed by atoms with Crippen molar-refractivity contribution in [2.75, 3.05) is 19.7 Å². The minimum atomic E-state index is -0.341. The molecule has 2 N–H and O–H groups in total. The number of hydrogen-bond acceptors (Lipinski definition) is 5. The number of para-hydroxylation sites is 1. The van der Waals surface area contributed by atoms with Crippen LogP contribution in [0.3, 0.4) is 0 Å². The largest absolute Gasteiger partial charge is 0.508 e. The Hall–Kier alpha value is -2.28. The molecule has 1 atom stereocenters. The zero-order chi connectivity index (χ0) is 18.9. The van der Waals surface area contributed by atoms with E-state index in [4.69, 9.17) is 9.47 Å². The molecule has 1 aliphatic heterocycles. The minimum absolute atomic E-state index is 0.00230. The molecule has 1 fully saturated rings. The van der Waals surface area contributed by atoms with E-state index in [0.29, 0.717) is 18.7 Å². The van der Waals surface area contributed by atoms with Crippen LogP contribution in [0.4, 0.5) is 4.79 Å². The minimum Gasteiger partial charge on any atom is -0.508 e. The first-order valence-corrected chi connectivity index (χ1v) is 9.06. The van der Waals surface area contributed by atoms with E-state index >= 15 is 0 Å². The molecule has 1 heterocycles. The van der Waals surface area contributed by atoms with Crippen molar-refractivity contribution in [1.82, 2.24) is 10.2 Å². The van der Waals surface area contributed by atoms with E-state index in [9.17, 15) is 14.7 Å². The highest BCUT2D eigenvalue weighted by Gasteiger charge is 2.23. The van der Waals surface area contributed by atoms with Gasteiger partial charge in [-0.2, -0.15) is 0 Å². The number of carbonyl (C=O) groups is 2. The van der Waals surface area contributed by atoms with Crippen molar-refractivity contribution in [2.24, 2.45) is 0 Å². The van der Waals surface area contributed by atoms with Crippen LogP contribution < -0.4 is 5.32 Å². The van der Waals surface area contributed by atoms with Gasteiger partial charge in [0.2, 0.25) is 0 Å². The normalized spacial score (nSPS) is 16.5. The van der Waals surface area contributed by atoms with Crippen LogP contribution in [0, 0.1) is 0 Å². The van der Waals surface area contributed by atoms with Gasteiger partial charge in [-0.15, -0.1) is 0 Å². The summed E-state index contributed by atoms with van der Waals surface area (Å²) in [5.41, 5.74) is 0.667. The number of esters is 1. The number of nitrogens with one attached hydrogen (secondary N) is 1. The van der Waals surface area contributed by atoms with Crippen molar-refractivity contribution in [3.8, 4) is 5.75 Å². The van der Waals surface area contributed by atoms with Crippen LogP contribution in [0.5, 0.6) is 5.75 Å². The number of amides is 2. The highest BCUT2D eigenvalue weighted by atomic mass is 16.5. The maximum atomic E-state index is 12.6. The van der Waals surface area contributed by atoms with Crippen LogP contribution in [0.2, 0.25) is 0 Å². The predicted molar refractivity (Wildman–Crippen MR) is 96.7 cm³/mol. The van der Waals surface area contributed by atoms with E-state index in [2.05, 4.69) is 5.32 Å². The highest BCUT2D eigenvalue weighted by Crippen LogP contribution is 2.20. The number of benzene rings is 1. The van der Waals surface area contributed by atoms with Gasteiger partial charge >= 0.3 is 12.0 Å². The van der Waals surface area contributed by atoms with Crippen LogP contribution in [-0.4, -0.2) is 53.9 Å². The number of aromatic hydroxyl groups is 1. The third kappa shape index (κ3) is 6.55. The topological polar surface area (TPSA) is 88.1 Å². The van der Waals surface area contributed by atoms with Crippen LogP contribution in [0.1, 0.15) is 38.7 Å². The smallest absolute Gasteiger partial charge is 0.317 e. The summed E-state index contributed by atoms with van der Waals surface area (Å²) >= 11 is 0. The SMILES string of the molecule is CC(C)OC(=O)CCNC(=O)N(Cc1ccccc1O)CC1CCCO1. The fourth-order valence-corrected chi connectivity index (χ4v) is 2.81. The Morgan fingerprint density at radius 3 is 2.81 bits per heavy atom. The molecule has 2 rings (SSSR count). The lowest BCUT2D eigenvalue weighted by molar-refractivity contribution is -0.147. The fourth-order valence-electron chi connectivity index (χ4n) is 2.81. The Balaban J connectivity index is 1.92. The quantitative estimate of drug-likeness (QED) is 0.692.